The van der Waals surface area contributed by atoms with Crippen LogP contribution in [0.4, 0.5) is 5.69 Å². The maximum absolute atomic E-state index is 13.9. The molecule has 2 amide bonds. The quantitative estimate of drug-likeness (QED) is 0.350. The molecule has 38 heavy (non-hydrogen) atoms. The van der Waals surface area contributed by atoms with Gasteiger partial charge in [0, 0.05) is 17.6 Å². The van der Waals surface area contributed by atoms with Crippen molar-refractivity contribution in [2.45, 2.75) is 52.1 Å². The van der Waals surface area contributed by atoms with Gasteiger partial charge in [-0.25, -0.2) is 8.42 Å². The Hall–Kier alpha value is -3.17. The lowest BCUT2D eigenvalue weighted by molar-refractivity contribution is -0.139. The normalized spacial score (nSPS) is 12.1. The monoisotopic (exact) mass is 599 g/mol. The molecule has 0 bridgehead atoms. The number of likely N-dealkylation sites (N-methyl/N-ethyl adjacent to an activating group) is 1. The summed E-state index contributed by atoms with van der Waals surface area (Å²) in [6.45, 7) is 9.17. The standard InChI is InChI=1S/C29H34BrN3O4S/c1-6-31-29(35)23(5)32(18-24-10-8-11-25(30)17-24)28(34)19-33(27-12-7-9-21(3)22(27)4)38(36,37)26-15-13-20(2)14-16-26/h7-17,23H,6,18-19H2,1-5H3,(H,31,35). The van der Waals surface area contributed by atoms with Crippen LogP contribution in [-0.2, 0) is 26.2 Å². The summed E-state index contributed by atoms with van der Waals surface area (Å²) in [6, 6.07) is 18.6. The average Bonchev–Trinajstić information content (AvgIpc) is 2.87. The Morgan fingerprint density at radius 1 is 0.974 bits per heavy atom. The molecule has 7 nitrogen and oxygen atoms in total. The third-order valence-corrected chi connectivity index (χ3v) is 8.76. The van der Waals surface area contributed by atoms with E-state index in [9.17, 15) is 18.0 Å². The molecule has 1 atom stereocenters. The van der Waals surface area contributed by atoms with Gasteiger partial charge in [0.25, 0.3) is 10.0 Å². The van der Waals surface area contributed by atoms with Gasteiger partial charge in [0.2, 0.25) is 11.8 Å². The molecule has 0 saturated heterocycles. The SMILES string of the molecule is CCNC(=O)C(C)N(Cc1cccc(Br)c1)C(=O)CN(c1cccc(C)c1C)S(=O)(=O)c1ccc(C)cc1. The van der Waals surface area contributed by atoms with E-state index in [2.05, 4.69) is 21.2 Å². The zero-order chi connectivity index (χ0) is 28.0. The van der Waals surface area contributed by atoms with Gasteiger partial charge in [-0.05, 0) is 81.6 Å². The van der Waals surface area contributed by atoms with E-state index in [1.807, 2.05) is 58.0 Å². The van der Waals surface area contributed by atoms with Crippen molar-refractivity contribution >= 4 is 43.5 Å². The average molecular weight is 601 g/mol. The van der Waals surface area contributed by atoms with Gasteiger partial charge >= 0.3 is 0 Å². The molecule has 0 aliphatic carbocycles. The number of hydrogen-bond acceptors (Lipinski definition) is 4. The molecule has 0 aliphatic rings. The predicted octanol–water partition coefficient (Wildman–Crippen LogP) is 5.12. The molecule has 0 spiro atoms. The van der Waals surface area contributed by atoms with Crippen molar-refractivity contribution in [3.05, 3.63) is 93.5 Å². The highest BCUT2D eigenvalue weighted by atomic mass is 79.9. The Kier molecular flexibility index (Phi) is 9.73. The number of rotatable bonds is 10. The first-order chi connectivity index (χ1) is 17.9. The van der Waals surface area contributed by atoms with Crippen molar-refractivity contribution < 1.29 is 18.0 Å². The summed E-state index contributed by atoms with van der Waals surface area (Å²) in [5.41, 5.74) is 3.82. The van der Waals surface area contributed by atoms with Crippen LogP contribution in [0.15, 0.2) is 76.1 Å². The van der Waals surface area contributed by atoms with Gasteiger partial charge in [0.15, 0.2) is 0 Å². The Balaban J connectivity index is 2.08. The first-order valence-corrected chi connectivity index (χ1v) is 14.7. The van der Waals surface area contributed by atoms with Crippen LogP contribution in [0.5, 0.6) is 0 Å². The highest BCUT2D eigenvalue weighted by Gasteiger charge is 2.33. The fraction of sp³-hybridized carbons (Fsp3) is 0.310. The second-order valence-corrected chi connectivity index (χ2v) is 12.0. The predicted molar refractivity (Wildman–Crippen MR) is 154 cm³/mol. The topological polar surface area (TPSA) is 86.8 Å². The highest BCUT2D eigenvalue weighted by molar-refractivity contribution is 9.10. The van der Waals surface area contributed by atoms with Crippen LogP contribution in [0.3, 0.4) is 0 Å². The minimum absolute atomic E-state index is 0.0899. The van der Waals surface area contributed by atoms with Gasteiger partial charge in [-0.3, -0.25) is 13.9 Å². The van der Waals surface area contributed by atoms with Crippen LogP contribution in [0.25, 0.3) is 0 Å². The number of carbonyl (C=O) groups is 2. The van der Waals surface area contributed by atoms with Crippen LogP contribution in [0.1, 0.15) is 36.1 Å². The van der Waals surface area contributed by atoms with E-state index in [4.69, 9.17) is 0 Å². The van der Waals surface area contributed by atoms with E-state index in [1.165, 1.54) is 4.90 Å². The maximum Gasteiger partial charge on any atom is 0.264 e. The van der Waals surface area contributed by atoms with E-state index in [1.54, 1.807) is 43.3 Å². The van der Waals surface area contributed by atoms with E-state index in [-0.39, 0.29) is 17.3 Å². The van der Waals surface area contributed by atoms with Crippen LogP contribution < -0.4 is 9.62 Å². The van der Waals surface area contributed by atoms with Gasteiger partial charge in [-0.15, -0.1) is 0 Å². The number of aryl methyl sites for hydroxylation is 2. The molecule has 0 fully saturated rings. The molecule has 0 aromatic heterocycles. The van der Waals surface area contributed by atoms with Crippen molar-refractivity contribution in [2.24, 2.45) is 0 Å². The fourth-order valence-electron chi connectivity index (χ4n) is 4.09. The van der Waals surface area contributed by atoms with Gasteiger partial charge < -0.3 is 10.2 Å². The van der Waals surface area contributed by atoms with E-state index < -0.39 is 28.5 Å². The number of amides is 2. The molecule has 3 aromatic rings. The molecule has 3 aromatic carbocycles. The number of sulfonamides is 1. The van der Waals surface area contributed by atoms with Crippen molar-refractivity contribution in [3.8, 4) is 0 Å². The Bertz CT molecular complexity index is 1410. The number of nitrogens with zero attached hydrogens (tertiary/aromatic N) is 2. The smallest absolute Gasteiger partial charge is 0.264 e. The Morgan fingerprint density at radius 2 is 1.63 bits per heavy atom. The molecule has 0 radical (unpaired) electrons. The molecule has 1 unspecified atom stereocenters. The molecule has 202 valence electrons. The number of nitrogens with one attached hydrogen (secondary N) is 1. The van der Waals surface area contributed by atoms with E-state index >= 15 is 0 Å². The van der Waals surface area contributed by atoms with Crippen molar-refractivity contribution in [1.82, 2.24) is 10.2 Å². The summed E-state index contributed by atoms with van der Waals surface area (Å²) in [4.78, 5) is 28.2. The van der Waals surface area contributed by atoms with Crippen molar-refractivity contribution in [1.29, 1.82) is 0 Å². The van der Waals surface area contributed by atoms with Gasteiger partial charge in [0.1, 0.15) is 12.6 Å². The summed E-state index contributed by atoms with van der Waals surface area (Å²) in [5, 5.41) is 2.77. The minimum atomic E-state index is -4.10. The molecule has 0 aliphatic heterocycles. The lowest BCUT2D eigenvalue weighted by Gasteiger charge is -2.32. The van der Waals surface area contributed by atoms with Crippen LogP contribution >= 0.6 is 15.9 Å². The molecular formula is C29H34BrN3O4S. The van der Waals surface area contributed by atoms with Crippen LogP contribution in [-0.4, -0.2) is 44.3 Å². The summed E-state index contributed by atoms with van der Waals surface area (Å²) in [6.07, 6.45) is 0. The Morgan fingerprint density at radius 3 is 2.26 bits per heavy atom. The van der Waals surface area contributed by atoms with E-state index in [0.717, 1.165) is 31.0 Å². The summed E-state index contributed by atoms with van der Waals surface area (Å²) >= 11 is 3.45. The zero-order valence-electron chi connectivity index (χ0n) is 22.4. The number of anilines is 1. The molecule has 3 rings (SSSR count). The fourth-order valence-corrected chi connectivity index (χ4v) is 6.01. The summed E-state index contributed by atoms with van der Waals surface area (Å²) < 4.78 is 29.9. The number of benzene rings is 3. The maximum atomic E-state index is 13.9. The van der Waals surface area contributed by atoms with Crippen molar-refractivity contribution in [3.63, 3.8) is 0 Å². The number of halogens is 1. The lowest BCUT2D eigenvalue weighted by Crippen LogP contribution is -2.51. The van der Waals surface area contributed by atoms with Crippen molar-refractivity contribution in [2.75, 3.05) is 17.4 Å². The van der Waals surface area contributed by atoms with Gasteiger partial charge in [0.05, 0.1) is 10.6 Å². The minimum Gasteiger partial charge on any atom is -0.355 e. The molecule has 0 saturated carbocycles. The zero-order valence-corrected chi connectivity index (χ0v) is 24.8. The summed E-state index contributed by atoms with van der Waals surface area (Å²) in [7, 11) is -4.10. The second-order valence-electron chi connectivity index (χ2n) is 9.27. The molecular weight excluding hydrogens is 566 g/mol. The van der Waals surface area contributed by atoms with Crippen LogP contribution in [0.2, 0.25) is 0 Å². The molecule has 0 heterocycles. The third kappa shape index (κ3) is 6.82. The summed E-state index contributed by atoms with van der Waals surface area (Å²) in [5.74, 6) is -0.796. The van der Waals surface area contributed by atoms with E-state index in [0.29, 0.717) is 12.2 Å². The van der Waals surface area contributed by atoms with Crippen LogP contribution in [0, 0.1) is 20.8 Å². The number of hydrogen-bond donors (Lipinski definition) is 1. The molecule has 1 N–H and O–H groups in total. The Labute approximate surface area is 234 Å². The van der Waals surface area contributed by atoms with Gasteiger partial charge in [-0.1, -0.05) is 57.9 Å². The first kappa shape index (κ1) is 29.4. The third-order valence-electron chi connectivity index (χ3n) is 6.49. The van der Waals surface area contributed by atoms with Gasteiger partial charge in [-0.2, -0.15) is 0 Å². The molecule has 9 heteroatoms. The second kappa shape index (κ2) is 12.6. The largest absolute Gasteiger partial charge is 0.355 e. The number of carbonyl (C=O) groups excluding carboxylic acids is 2. The first-order valence-electron chi connectivity index (χ1n) is 12.4. The highest BCUT2D eigenvalue weighted by Crippen LogP contribution is 2.29. The lowest BCUT2D eigenvalue weighted by atomic mass is 10.1.